The van der Waals surface area contributed by atoms with Crippen LogP contribution in [0.1, 0.15) is 0 Å². The van der Waals surface area contributed by atoms with E-state index in [1.807, 2.05) is 60.9 Å². The molecule has 112 valence electrons. The van der Waals surface area contributed by atoms with Crippen LogP contribution in [0.3, 0.4) is 0 Å². The van der Waals surface area contributed by atoms with Gasteiger partial charge in [0.25, 0.3) is 0 Å². The Morgan fingerprint density at radius 2 is 1.00 bits per heavy atom. The average molecular weight is 294 g/mol. The Morgan fingerprint density at radius 3 is 1.32 bits per heavy atom. The number of hydrogen-bond acceptors (Lipinski definition) is 4. The summed E-state index contributed by atoms with van der Waals surface area (Å²) in [6, 6.07) is 20.1. The Kier molecular flexibility index (Phi) is 6.23. The molecule has 0 radical (unpaired) electrons. The highest BCUT2D eigenvalue weighted by atomic mass is 16.3. The van der Waals surface area contributed by atoms with E-state index in [9.17, 15) is 0 Å². The van der Waals surface area contributed by atoms with Crippen molar-refractivity contribution in [3.05, 3.63) is 73.1 Å². The molecule has 0 saturated heterocycles. The largest absolute Gasteiger partial charge is 0.394 e. The molecule has 4 heteroatoms. The molecule has 0 bridgehead atoms. The number of aromatic nitrogens is 2. The molecule has 0 aliphatic rings. The minimum Gasteiger partial charge on any atom is -0.394 e. The van der Waals surface area contributed by atoms with E-state index in [1.165, 1.54) is 0 Å². The molecular formula is C18H18N2O2. The summed E-state index contributed by atoms with van der Waals surface area (Å²) in [5, 5.41) is 15.2. The normalized spacial score (nSPS) is 9.73. The second-order valence-corrected chi connectivity index (χ2v) is 4.42. The van der Waals surface area contributed by atoms with Crippen LogP contribution in [0.2, 0.25) is 0 Å². The maximum Gasteiger partial charge on any atom is 0.0708 e. The molecule has 4 nitrogen and oxygen atoms in total. The number of nitrogens with zero attached hydrogens (tertiary/aromatic N) is 2. The molecule has 3 rings (SSSR count). The van der Waals surface area contributed by atoms with Crippen LogP contribution in [0, 0.1) is 0 Å². The van der Waals surface area contributed by atoms with E-state index < -0.39 is 0 Å². The predicted molar refractivity (Wildman–Crippen MR) is 87.1 cm³/mol. The molecule has 2 heterocycles. The number of aliphatic hydroxyl groups is 2. The number of hydrogen-bond donors (Lipinski definition) is 2. The molecule has 22 heavy (non-hydrogen) atoms. The highest BCUT2D eigenvalue weighted by Crippen LogP contribution is 2.28. The van der Waals surface area contributed by atoms with Gasteiger partial charge in [0.05, 0.1) is 24.6 Å². The summed E-state index contributed by atoms with van der Waals surface area (Å²) in [4.78, 5) is 8.81. The molecule has 3 aromatic rings. The van der Waals surface area contributed by atoms with Gasteiger partial charge < -0.3 is 10.2 Å². The molecule has 1 aromatic carbocycles. The van der Waals surface area contributed by atoms with E-state index in [0.717, 1.165) is 22.5 Å². The van der Waals surface area contributed by atoms with Gasteiger partial charge in [-0.2, -0.15) is 0 Å². The fraction of sp³-hybridized carbons (Fsp3) is 0.111. The first-order chi connectivity index (χ1) is 10.9. The minimum absolute atomic E-state index is 0.125. The van der Waals surface area contributed by atoms with Crippen molar-refractivity contribution in [1.82, 2.24) is 9.97 Å². The quantitative estimate of drug-likeness (QED) is 0.779. The molecule has 0 fully saturated rings. The maximum absolute atomic E-state index is 7.62. The first kappa shape index (κ1) is 15.8. The lowest BCUT2D eigenvalue weighted by atomic mass is 10.0. The Balaban J connectivity index is 0.000000396. The maximum atomic E-state index is 7.62. The van der Waals surface area contributed by atoms with Gasteiger partial charge in [0, 0.05) is 23.5 Å². The molecule has 0 unspecified atom stereocenters. The highest BCUT2D eigenvalue weighted by Gasteiger charge is 2.07. The zero-order valence-corrected chi connectivity index (χ0v) is 12.1. The molecule has 0 aliphatic carbocycles. The van der Waals surface area contributed by atoms with Crippen molar-refractivity contribution in [2.75, 3.05) is 13.2 Å². The Hall–Kier alpha value is -2.56. The van der Waals surface area contributed by atoms with Crippen LogP contribution in [0.5, 0.6) is 0 Å². The second-order valence-electron chi connectivity index (χ2n) is 4.42. The number of benzene rings is 1. The summed E-state index contributed by atoms with van der Waals surface area (Å²) < 4.78 is 0. The van der Waals surface area contributed by atoms with E-state index in [0.29, 0.717) is 0 Å². The van der Waals surface area contributed by atoms with E-state index in [1.54, 1.807) is 0 Å². The molecule has 2 aromatic heterocycles. The zero-order valence-electron chi connectivity index (χ0n) is 12.1. The van der Waals surface area contributed by atoms with Crippen LogP contribution >= 0.6 is 0 Å². The summed E-state index contributed by atoms with van der Waals surface area (Å²) in [5.41, 5.74) is 4.16. The van der Waals surface area contributed by atoms with Gasteiger partial charge in [0.15, 0.2) is 0 Å². The molecule has 0 saturated carbocycles. The van der Waals surface area contributed by atoms with Crippen molar-refractivity contribution in [3.8, 4) is 22.5 Å². The first-order valence-electron chi connectivity index (χ1n) is 7.00. The monoisotopic (exact) mass is 294 g/mol. The average Bonchev–Trinajstić information content (AvgIpc) is 2.63. The van der Waals surface area contributed by atoms with Gasteiger partial charge in [-0.25, -0.2) is 0 Å². The topological polar surface area (TPSA) is 66.2 Å². The van der Waals surface area contributed by atoms with Crippen LogP contribution in [-0.4, -0.2) is 33.4 Å². The van der Waals surface area contributed by atoms with Crippen LogP contribution < -0.4 is 0 Å². The first-order valence-corrected chi connectivity index (χ1v) is 7.00. The van der Waals surface area contributed by atoms with Gasteiger partial charge in [-0.05, 0) is 24.3 Å². The lowest BCUT2D eigenvalue weighted by Gasteiger charge is -2.07. The van der Waals surface area contributed by atoms with Crippen molar-refractivity contribution in [1.29, 1.82) is 0 Å². The summed E-state index contributed by atoms with van der Waals surface area (Å²) in [6.45, 7) is -0.250. The van der Waals surface area contributed by atoms with Gasteiger partial charge in [-0.15, -0.1) is 0 Å². The fourth-order valence-corrected chi connectivity index (χ4v) is 1.97. The van der Waals surface area contributed by atoms with Crippen LogP contribution in [0.4, 0.5) is 0 Å². The van der Waals surface area contributed by atoms with Crippen molar-refractivity contribution in [3.63, 3.8) is 0 Å². The van der Waals surface area contributed by atoms with E-state index >= 15 is 0 Å². The van der Waals surface area contributed by atoms with Crippen LogP contribution in [0.25, 0.3) is 22.5 Å². The summed E-state index contributed by atoms with van der Waals surface area (Å²) >= 11 is 0. The van der Waals surface area contributed by atoms with Gasteiger partial charge in [0.1, 0.15) is 0 Å². The number of rotatable bonds is 3. The zero-order chi connectivity index (χ0) is 15.6. The van der Waals surface area contributed by atoms with Gasteiger partial charge in [0.2, 0.25) is 0 Å². The van der Waals surface area contributed by atoms with Crippen LogP contribution in [0.15, 0.2) is 73.1 Å². The standard InChI is InChI=1S/C16H12N2.C2H6O2/c1-2-8-14(16-10-4-6-12-18-16)13(7-1)15-9-3-5-11-17-15;3-1-2-4/h1-12H;3-4H,1-2H2. The summed E-state index contributed by atoms with van der Waals surface area (Å²) in [5.74, 6) is 0. The molecule has 2 N–H and O–H groups in total. The third-order valence-electron chi connectivity index (χ3n) is 2.91. The third kappa shape index (κ3) is 4.22. The molecule has 0 atom stereocenters. The Bertz CT molecular complexity index is 612. The smallest absolute Gasteiger partial charge is 0.0708 e. The molecule has 0 aliphatic heterocycles. The lowest BCUT2D eigenvalue weighted by molar-refractivity contribution is 0.186. The SMILES string of the molecule is OCCO.c1ccc(-c2ccccc2-c2ccccn2)nc1. The highest BCUT2D eigenvalue weighted by molar-refractivity contribution is 5.79. The fourth-order valence-electron chi connectivity index (χ4n) is 1.97. The Morgan fingerprint density at radius 1 is 0.591 bits per heavy atom. The summed E-state index contributed by atoms with van der Waals surface area (Å²) in [6.07, 6.45) is 3.62. The van der Waals surface area contributed by atoms with Gasteiger partial charge >= 0.3 is 0 Å². The number of aliphatic hydroxyl groups excluding tert-OH is 2. The molecule has 0 spiro atoms. The van der Waals surface area contributed by atoms with Crippen molar-refractivity contribution >= 4 is 0 Å². The Labute approximate surface area is 129 Å². The third-order valence-corrected chi connectivity index (χ3v) is 2.91. The molecular weight excluding hydrogens is 276 g/mol. The van der Waals surface area contributed by atoms with E-state index in [4.69, 9.17) is 10.2 Å². The van der Waals surface area contributed by atoms with Crippen molar-refractivity contribution < 1.29 is 10.2 Å². The van der Waals surface area contributed by atoms with E-state index in [2.05, 4.69) is 22.1 Å². The minimum atomic E-state index is -0.125. The van der Waals surface area contributed by atoms with Gasteiger partial charge in [-0.1, -0.05) is 36.4 Å². The summed E-state index contributed by atoms with van der Waals surface area (Å²) in [7, 11) is 0. The lowest BCUT2D eigenvalue weighted by Crippen LogP contribution is -1.88. The number of pyridine rings is 2. The van der Waals surface area contributed by atoms with Crippen molar-refractivity contribution in [2.45, 2.75) is 0 Å². The molecule has 0 amide bonds. The second kappa shape index (κ2) is 8.67. The predicted octanol–water partition coefficient (Wildman–Crippen LogP) is 2.78. The van der Waals surface area contributed by atoms with Crippen LogP contribution in [-0.2, 0) is 0 Å². The van der Waals surface area contributed by atoms with E-state index in [-0.39, 0.29) is 13.2 Å². The van der Waals surface area contributed by atoms with Gasteiger partial charge in [-0.3, -0.25) is 9.97 Å². The van der Waals surface area contributed by atoms with Crippen molar-refractivity contribution in [2.24, 2.45) is 0 Å².